The Kier molecular flexibility index (Phi) is 3.84. The maximum atomic E-state index is 11.8. The molecule has 3 N–H and O–H groups in total. The molecule has 5 heteroatoms. The molecule has 2 rings (SSSR count). The van der Waals surface area contributed by atoms with Gasteiger partial charge in [-0.25, -0.2) is 0 Å². The molecule has 0 aromatic heterocycles. The van der Waals surface area contributed by atoms with Gasteiger partial charge in [0, 0.05) is 21.6 Å². The van der Waals surface area contributed by atoms with Gasteiger partial charge in [-0.15, -0.1) is 11.8 Å². The summed E-state index contributed by atoms with van der Waals surface area (Å²) in [5.74, 6) is 0.0666. The molecule has 1 aliphatic rings. The van der Waals surface area contributed by atoms with Gasteiger partial charge in [0.15, 0.2) is 0 Å². The van der Waals surface area contributed by atoms with Crippen molar-refractivity contribution in [3.63, 3.8) is 0 Å². The Labute approximate surface area is 110 Å². The lowest BCUT2D eigenvalue weighted by molar-refractivity contribution is -0.120. The minimum Gasteiger partial charge on any atom is -0.398 e. The van der Waals surface area contributed by atoms with Gasteiger partial charge in [0.1, 0.15) is 0 Å². The van der Waals surface area contributed by atoms with Crippen LogP contribution in [-0.2, 0) is 4.79 Å². The van der Waals surface area contributed by atoms with Crippen molar-refractivity contribution >= 4 is 35.0 Å². The quantitative estimate of drug-likeness (QED) is 0.653. The summed E-state index contributed by atoms with van der Waals surface area (Å²) < 4.78 is 0. The molecule has 0 heterocycles. The highest BCUT2D eigenvalue weighted by molar-refractivity contribution is 8.00. The number of benzene rings is 1. The number of nitrogens with one attached hydrogen (secondary N) is 1. The highest BCUT2D eigenvalue weighted by Gasteiger charge is 2.26. The molecular formula is C12H15ClN2OS. The molecule has 17 heavy (non-hydrogen) atoms. The molecule has 1 aliphatic carbocycles. The van der Waals surface area contributed by atoms with E-state index in [0.717, 1.165) is 17.7 Å². The number of halogens is 1. The predicted molar refractivity (Wildman–Crippen MR) is 72.3 cm³/mol. The van der Waals surface area contributed by atoms with Crippen molar-refractivity contribution in [3.05, 3.63) is 23.2 Å². The van der Waals surface area contributed by atoms with Crippen molar-refractivity contribution in [2.45, 2.75) is 36.0 Å². The number of nitrogen functional groups attached to an aromatic ring is 1. The summed E-state index contributed by atoms with van der Waals surface area (Å²) >= 11 is 7.35. The van der Waals surface area contributed by atoms with E-state index in [4.69, 9.17) is 17.3 Å². The van der Waals surface area contributed by atoms with E-state index < -0.39 is 0 Å². The zero-order valence-electron chi connectivity index (χ0n) is 9.57. The van der Waals surface area contributed by atoms with E-state index in [1.54, 1.807) is 18.2 Å². The predicted octanol–water partition coefficient (Wildman–Crippen LogP) is 2.68. The van der Waals surface area contributed by atoms with Crippen molar-refractivity contribution in [1.29, 1.82) is 0 Å². The molecule has 3 nitrogen and oxygen atoms in total. The third-order valence-corrected chi connectivity index (χ3v) is 3.98. The maximum Gasteiger partial charge on any atom is 0.233 e. The van der Waals surface area contributed by atoms with Crippen LogP contribution >= 0.6 is 23.4 Å². The number of carbonyl (C=O) groups is 1. The van der Waals surface area contributed by atoms with Crippen LogP contribution in [0.5, 0.6) is 0 Å². The Morgan fingerprint density at radius 1 is 1.59 bits per heavy atom. The lowest BCUT2D eigenvalue weighted by Crippen LogP contribution is -2.32. The van der Waals surface area contributed by atoms with E-state index in [0.29, 0.717) is 16.8 Å². The topological polar surface area (TPSA) is 55.1 Å². The van der Waals surface area contributed by atoms with Crippen molar-refractivity contribution in [2.24, 2.45) is 0 Å². The summed E-state index contributed by atoms with van der Waals surface area (Å²) in [4.78, 5) is 12.6. The number of thioether (sulfide) groups is 1. The molecule has 1 fully saturated rings. The molecule has 1 aromatic rings. The van der Waals surface area contributed by atoms with E-state index in [1.807, 2.05) is 6.92 Å². The number of rotatable bonds is 4. The molecule has 1 atom stereocenters. The lowest BCUT2D eigenvalue weighted by Gasteiger charge is -2.13. The van der Waals surface area contributed by atoms with Gasteiger partial charge in [-0.2, -0.15) is 0 Å². The van der Waals surface area contributed by atoms with Crippen LogP contribution in [0.2, 0.25) is 5.02 Å². The van der Waals surface area contributed by atoms with Gasteiger partial charge in [-0.3, -0.25) is 4.79 Å². The molecule has 0 aliphatic heterocycles. The summed E-state index contributed by atoms with van der Waals surface area (Å²) in [6.45, 7) is 1.88. The van der Waals surface area contributed by atoms with Gasteiger partial charge in [0.2, 0.25) is 5.91 Å². The highest BCUT2D eigenvalue weighted by atomic mass is 35.5. The SMILES string of the molecule is CC(Sc1cc(Cl)ccc1N)C(=O)NC1CC1. The average Bonchev–Trinajstić information content (AvgIpc) is 3.07. The first-order valence-electron chi connectivity index (χ1n) is 5.58. The van der Waals surface area contributed by atoms with Gasteiger partial charge >= 0.3 is 0 Å². The second kappa shape index (κ2) is 5.19. The lowest BCUT2D eigenvalue weighted by atomic mass is 10.3. The minimum atomic E-state index is -0.156. The van der Waals surface area contributed by atoms with Gasteiger partial charge in [-0.05, 0) is 38.0 Å². The number of amides is 1. The fourth-order valence-corrected chi connectivity index (χ4v) is 2.59. The molecule has 0 bridgehead atoms. The molecule has 1 unspecified atom stereocenters. The van der Waals surface area contributed by atoms with Crippen molar-refractivity contribution in [1.82, 2.24) is 5.32 Å². The van der Waals surface area contributed by atoms with Crippen LogP contribution in [-0.4, -0.2) is 17.2 Å². The van der Waals surface area contributed by atoms with Gasteiger partial charge < -0.3 is 11.1 Å². The fourth-order valence-electron chi connectivity index (χ4n) is 1.40. The second-order valence-corrected chi connectivity index (χ2v) is 6.04. The van der Waals surface area contributed by atoms with E-state index in [2.05, 4.69) is 5.32 Å². The number of nitrogens with two attached hydrogens (primary N) is 1. The molecule has 0 saturated heterocycles. The molecular weight excluding hydrogens is 256 g/mol. The summed E-state index contributed by atoms with van der Waals surface area (Å²) in [5.41, 5.74) is 6.50. The van der Waals surface area contributed by atoms with E-state index in [-0.39, 0.29) is 11.2 Å². The Balaban J connectivity index is 1.98. The Morgan fingerprint density at radius 2 is 2.29 bits per heavy atom. The smallest absolute Gasteiger partial charge is 0.233 e. The largest absolute Gasteiger partial charge is 0.398 e. The fraction of sp³-hybridized carbons (Fsp3) is 0.417. The van der Waals surface area contributed by atoms with Crippen molar-refractivity contribution in [3.8, 4) is 0 Å². The third-order valence-electron chi connectivity index (χ3n) is 2.57. The molecule has 0 spiro atoms. The first kappa shape index (κ1) is 12.6. The average molecular weight is 271 g/mol. The Hall–Kier alpha value is -0.870. The van der Waals surface area contributed by atoms with Gasteiger partial charge in [-0.1, -0.05) is 11.6 Å². The highest BCUT2D eigenvalue weighted by Crippen LogP contribution is 2.31. The van der Waals surface area contributed by atoms with Crippen LogP contribution < -0.4 is 11.1 Å². The van der Waals surface area contributed by atoms with Crippen LogP contribution in [0.1, 0.15) is 19.8 Å². The van der Waals surface area contributed by atoms with E-state index >= 15 is 0 Å². The first-order chi connectivity index (χ1) is 8.06. The van der Waals surface area contributed by atoms with Crippen LogP contribution in [0.15, 0.2) is 23.1 Å². The standard InChI is InChI=1S/C12H15ClN2OS/c1-7(12(16)15-9-3-4-9)17-11-6-8(13)2-5-10(11)14/h2,5-7,9H,3-4,14H2,1H3,(H,15,16). The summed E-state index contributed by atoms with van der Waals surface area (Å²) in [6.07, 6.45) is 2.20. The first-order valence-corrected chi connectivity index (χ1v) is 6.84. The molecule has 92 valence electrons. The van der Waals surface area contributed by atoms with Crippen LogP contribution in [0, 0.1) is 0 Å². The van der Waals surface area contributed by atoms with Gasteiger partial charge in [0.25, 0.3) is 0 Å². The number of hydrogen-bond acceptors (Lipinski definition) is 3. The summed E-state index contributed by atoms with van der Waals surface area (Å²) in [7, 11) is 0. The molecule has 0 radical (unpaired) electrons. The van der Waals surface area contributed by atoms with E-state index in [1.165, 1.54) is 11.8 Å². The maximum absolute atomic E-state index is 11.8. The molecule has 1 saturated carbocycles. The summed E-state index contributed by atoms with van der Waals surface area (Å²) in [5, 5.41) is 3.45. The van der Waals surface area contributed by atoms with Crippen LogP contribution in [0.4, 0.5) is 5.69 Å². The van der Waals surface area contributed by atoms with E-state index in [9.17, 15) is 4.79 Å². The minimum absolute atomic E-state index is 0.0666. The molecule has 1 amide bonds. The Morgan fingerprint density at radius 3 is 2.94 bits per heavy atom. The van der Waals surface area contributed by atoms with Crippen LogP contribution in [0.3, 0.4) is 0 Å². The molecule has 1 aromatic carbocycles. The van der Waals surface area contributed by atoms with Crippen molar-refractivity contribution in [2.75, 3.05) is 5.73 Å². The van der Waals surface area contributed by atoms with Crippen LogP contribution in [0.25, 0.3) is 0 Å². The van der Waals surface area contributed by atoms with Gasteiger partial charge in [0.05, 0.1) is 5.25 Å². The Bertz CT molecular complexity index is 435. The third kappa shape index (κ3) is 3.54. The summed E-state index contributed by atoms with van der Waals surface area (Å²) in [6, 6.07) is 5.69. The number of anilines is 1. The zero-order valence-corrected chi connectivity index (χ0v) is 11.1. The number of carbonyl (C=O) groups excluding carboxylic acids is 1. The zero-order chi connectivity index (χ0) is 12.4. The normalized spacial score (nSPS) is 16.6. The monoisotopic (exact) mass is 270 g/mol. The van der Waals surface area contributed by atoms with Crippen molar-refractivity contribution < 1.29 is 4.79 Å². The number of hydrogen-bond donors (Lipinski definition) is 2. The second-order valence-electron chi connectivity index (χ2n) is 4.23.